The highest BCUT2D eigenvalue weighted by Crippen LogP contribution is 2.25. The van der Waals surface area contributed by atoms with Crippen LogP contribution < -0.4 is 5.32 Å². The summed E-state index contributed by atoms with van der Waals surface area (Å²) in [6.07, 6.45) is 1.28. The molecule has 3 aromatic rings. The van der Waals surface area contributed by atoms with Gasteiger partial charge in [-0.3, -0.25) is 19.7 Å². The average Bonchev–Trinajstić information content (AvgIpc) is 3.03. The molecule has 2 aromatic carbocycles. The lowest BCUT2D eigenvalue weighted by molar-refractivity contribution is -0.384. The number of carbonyl (C=O) groups excluding carboxylic acids is 2. The molecule has 1 amide bonds. The van der Waals surface area contributed by atoms with Crippen molar-refractivity contribution in [2.45, 2.75) is 13.3 Å². The molecule has 0 aliphatic rings. The lowest BCUT2D eigenvalue weighted by atomic mass is 10.1. The summed E-state index contributed by atoms with van der Waals surface area (Å²) in [7, 11) is 0. The smallest absolute Gasteiger partial charge is 0.310 e. The number of non-ortho nitro benzene ring substituents is 1. The first-order valence-electron chi connectivity index (χ1n) is 8.23. The number of amides is 1. The summed E-state index contributed by atoms with van der Waals surface area (Å²) in [5.74, 6) is -1.20. The van der Waals surface area contributed by atoms with Crippen LogP contribution in [0.25, 0.3) is 11.0 Å². The Morgan fingerprint density at radius 3 is 2.79 bits per heavy atom. The quantitative estimate of drug-likeness (QED) is 0.379. The third-order valence-electron chi connectivity index (χ3n) is 4.04. The molecule has 0 spiro atoms. The van der Waals surface area contributed by atoms with Gasteiger partial charge >= 0.3 is 5.97 Å². The topological polar surface area (TPSA) is 132 Å². The second-order valence-corrected chi connectivity index (χ2v) is 6.08. The average molecular weight is 384 g/mol. The number of hydrogen-bond donors (Lipinski definition) is 2. The number of nitrogens with zero attached hydrogens (tertiary/aromatic N) is 1. The van der Waals surface area contributed by atoms with Gasteiger partial charge in [-0.1, -0.05) is 6.07 Å². The Morgan fingerprint density at radius 1 is 1.25 bits per heavy atom. The number of aryl methyl sites for hydroxylation is 1. The predicted octanol–water partition coefficient (Wildman–Crippen LogP) is 3.08. The van der Waals surface area contributed by atoms with Crippen molar-refractivity contribution in [1.82, 2.24) is 0 Å². The minimum Gasteiger partial charge on any atom is -0.508 e. The van der Waals surface area contributed by atoms with E-state index in [0.29, 0.717) is 22.1 Å². The van der Waals surface area contributed by atoms with Crippen molar-refractivity contribution in [2.75, 3.05) is 11.9 Å². The first-order valence-corrected chi connectivity index (χ1v) is 8.23. The number of aromatic hydroxyl groups is 1. The Balaban J connectivity index is 1.58. The van der Waals surface area contributed by atoms with Gasteiger partial charge in [-0.05, 0) is 24.6 Å². The second kappa shape index (κ2) is 7.78. The summed E-state index contributed by atoms with van der Waals surface area (Å²) in [6.45, 7) is 1.16. The first-order chi connectivity index (χ1) is 13.3. The van der Waals surface area contributed by atoms with Crippen LogP contribution in [0.4, 0.5) is 11.4 Å². The number of rotatable bonds is 6. The van der Waals surface area contributed by atoms with E-state index in [2.05, 4.69) is 5.32 Å². The van der Waals surface area contributed by atoms with Crippen molar-refractivity contribution >= 4 is 34.2 Å². The fraction of sp³-hybridized carbons (Fsp3) is 0.158. The van der Waals surface area contributed by atoms with Gasteiger partial charge < -0.3 is 19.6 Å². The molecule has 1 aromatic heterocycles. The Morgan fingerprint density at radius 2 is 2.04 bits per heavy atom. The van der Waals surface area contributed by atoms with Gasteiger partial charge in [-0.25, -0.2) is 0 Å². The van der Waals surface area contributed by atoms with E-state index in [1.165, 1.54) is 36.6 Å². The van der Waals surface area contributed by atoms with Crippen LogP contribution in [-0.4, -0.2) is 28.5 Å². The molecule has 0 bridgehead atoms. The van der Waals surface area contributed by atoms with E-state index in [1.807, 2.05) is 0 Å². The number of anilines is 1. The Kier molecular flexibility index (Phi) is 5.25. The van der Waals surface area contributed by atoms with Crippen LogP contribution in [0.15, 0.2) is 47.1 Å². The van der Waals surface area contributed by atoms with Crippen LogP contribution in [0.5, 0.6) is 5.75 Å². The molecule has 0 fully saturated rings. The van der Waals surface area contributed by atoms with Gasteiger partial charge in [0.05, 0.1) is 23.3 Å². The van der Waals surface area contributed by atoms with Gasteiger partial charge in [-0.15, -0.1) is 0 Å². The molecule has 1 heterocycles. The fourth-order valence-electron chi connectivity index (χ4n) is 2.61. The molecule has 3 rings (SSSR count). The number of furan rings is 1. The zero-order valence-corrected chi connectivity index (χ0v) is 14.8. The summed E-state index contributed by atoms with van der Waals surface area (Å²) >= 11 is 0. The maximum atomic E-state index is 12.0. The molecule has 9 nitrogen and oxygen atoms in total. The van der Waals surface area contributed by atoms with E-state index in [1.54, 1.807) is 13.0 Å². The van der Waals surface area contributed by atoms with Crippen molar-refractivity contribution in [3.05, 3.63) is 63.9 Å². The Bertz CT molecular complexity index is 1070. The van der Waals surface area contributed by atoms with Crippen molar-refractivity contribution in [3.8, 4) is 5.75 Å². The molecule has 9 heteroatoms. The third kappa shape index (κ3) is 4.26. The van der Waals surface area contributed by atoms with Gasteiger partial charge in [0.1, 0.15) is 11.3 Å². The number of benzene rings is 2. The van der Waals surface area contributed by atoms with Gasteiger partial charge in [0.15, 0.2) is 6.61 Å². The number of nitro benzene ring substituents is 1. The highest BCUT2D eigenvalue weighted by Gasteiger charge is 2.15. The van der Waals surface area contributed by atoms with Crippen LogP contribution in [0.1, 0.15) is 11.1 Å². The van der Waals surface area contributed by atoms with Crippen LogP contribution in [0.3, 0.4) is 0 Å². The first kappa shape index (κ1) is 18.9. The molecule has 0 unspecified atom stereocenters. The van der Waals surface area contributed by atoms with E-state index < -0.39 is 23.4 Å². The largest absolute Gasteiger partial charge is 0.508 e. The molecule has 0 saturated carbocycles. The molecule has 0 radical (unpaired) electrons. The summed E-state index contributed by atoms with van der Waals surface area (Å²) in [4.78, 5) is 34.3. The zero-order chi connectivity index (χ0) is 20.3. The number of hydrogen-bond acceptors (Lipinski definition) is 7. The van der Waals surface area contributed by atoms with Crippen LogP contribution >= 0.6 is 0 Å². The van der Waals surface area contributed by atoms with Crippen molar-refractivity contribution in [2.24, 2.45) is 0 Å². The molecular weight excluding hydrogens is 368 g/mol. The maximum absolute atomic E-state index is 12.0. The van der Waals surface area contributed by atoms with E-state index >= 15 is 0 Å². The number of nitrogens with one attached hydrogen (secondary N) is 1. The van der Waals surface area contributed by atoms with Crippen LogP contribution in [-0.2, 0) is 20.7 Å². The number of nitro groups is 1. The predicted molar refractivity (Wildman–Crippen MR) is 99.0 cm³/mol. The molecule has 0 aliphatic heterocycles. The third-order valence-corrected chi connectivity index (χ3v) is 4.04. The number of ether oxygens (including phenoxy) is 1. The lowest BCUT2D eigenvalue weighted by Crippen LogP contribution is -2.22. The van der Waals surface area contributed by atoms with Gasteiger partial charge in [0.25, 0.3) is 11.6 Å². The van der Waals surface area contributed by atoms with Gasteiger partial charge in [0, 0.05) is 29.1 Å². The highest BCUT2D eigenvalue weighted by molar-refractivity contribution is 5.94. The van der Waals surface area contributed by atoms with E-state index in [4.69, 9.17) is 9.15 Å². The normalized spacial score (nSPS) is 10.6. The van der Waals surface area contributed by atoms with E-state index in [0.717, 1.165) is 0 Å². The zero-order valence-electron chi connectivity index (χ0n) is 14.8. The highest BCUT2D eigenvalue weighted by atomic mass is 16.6. The van der Waals surface area contributed by atoms with Gasteiger partial charge in [0.2, 0.25) is 0 Å². The lowest BCUT2D eigenvalue weighted by Gasteiger charge is -2.09. The molecule has 28 heavy (non-hydrogen) atoms. The van der Waals surface area contributed by atoms with E-state index in [-0.39, 0.29) is 23.5 Å². The molecule has 0 aliphatic carbocycles. The summed E-state index contributed by atoms with van der Waals surface area (Å²) in [5.41, 5.74) is 1.75. The Hall–Kier alpha value is -3.88. The maximum Gasteiger partial charge on any atom is 0.310 e. The van der Waals surface area contributed by atoms with Crippen molar-refractivity contribution < 1.29 is 28.8 Å². The number of phenols is 1. The van der Waals surface area contributed by atoms with Crippen LogP contribution in [0.2, 0.25) is 0 Å². The van der Waals surface area contributed by atoms with Gasteiger partial charge in [-0.2, -0.15) is 0 Å². The van der Waals surface area contributed by atoms with Crippen molar-refractivity contribution in [3.63, 3.8) is 0 Å². The van der Waals surface area contributed by atoms with Crippen molar-refractivity contribution in [1.29, 1.82) is 0 Å². The number of fused-ring (bicyclic) bond motifs is 1. The minimum absolute atomic E-state index is 0.0455. The number of phenolic OH excluding ortho intramolecular Hbond substituents is 1. The summed E-state index contributed by atoms with van der Waals surface area (Å²) in [5, 5.41) is 23.4. The number of carbonyl (C=O) groups is 2. The second-order valence-electron chi connectivity index (χ2n) is 6.08. The Labute approximate surface area is 158 Å². The molecule has 144 valence electrons. The number of esters is 1. The fourth-order valence-corrected chi connectivity index (χ4v) is 2.61. The molecule has 0 saturated heterocycles. The summed E-state index contributed by atoms with van der Waals surface area (Å²) < 4.78 is 10.2. The SMILES string of the molecule is Cc1ccc([N+](=O)[O-])cc1NC(=O)COC(=O)Cc1coc2cc(O)ccc12. The molecule has 0 atom stereocenters. The monoisotopic (exact) mass is 384 g/mol. The molecule has 2 N–H and O–H groups in total. The molecular formula is C19H16N2O7. The van der Waals surface area contributed by atoms with Crippen LogP contribution in [0, 0.1) is 17.0 Å². The standard InChI is InChI=1S/C19H16N2O7/c1-11-2-3-13(21(25)26)7-16(11)20-18(23)10-28-19(24)6-12-9-27-17-8-14(22)4-5-15(12)17/h2-5,7-9,22H,6,10H2,1H3,(H,20,23). The summed E-state index contributed by atoms with van der Waals surface area (Å²) in [6, 6.07) is 8.61. The minimum atomic E-state index is -0.637. The van der Waals surface area contributed by atoms with E-state index in [9.17, 15) is 24.8 Å².